The molecule has 3 aromatic rings. The highest BCUT2D eigenvalue weighted by Crippen LogP contribution is 2.33. The first-order valence-electron chi connectivity index (χ1n) is 6.69. The zero-order valence-electron chi connectivity index (χ0n) is 12.1. The summed E-state index contributed by atoms with van der Waals surface area (Å²) in [4.78, 5) is 0.183. The Hall–Kier alpha value is -1.77. The first kappa shape index (κ1) is 16.1. The molecule has 117 valence electrons. The van der Waals surface area contributed by atoms with Crippen molar-refractivity contribution in [1.82, 2.24) is 3.97 Å². The second-order valence-electron chi connectivity index (χ2n) is 4.99. The van der Waals surface area contributed by atoms with E-state index in [0.717, 1.165) is 14.0 Å². The summed E-state index contributed by atoms with van der Waals surface area (Å²) in [5.41, 5.74) is 1.44. The Morgan fingerprint density at radius 1 is 1.17 bits per heavy atom. The van der Waals surface area contributed by atoms with Gasteiger partial charge < -0.3 is 9.68 Å². The van der Waals surface area contributed by atoms with Crippen LogP contribution < -0.4 is 4.65 Å². The van der Waals surface area contributed by atoms with E-state index in [1.165, 1.54) is 6.20 Å². The fraction of sp³-hybridized carbons (Fsp3) is 0.0667. The molecule has 1 N–H and O–H groups in total. The van der Waals surface area contributed by atoms with Gasteiger partial charge in [0.1, 0.15) is 5.75 Å². The van der Waals surface area contributed by atoms with Crippen LogP contribution in [0.5, 0.6) is 5.75 Å². The van der Waals surface area contributed by atoms with Gasteiger partial charge in [-0.25, -0.2) is 12.4 Å². The second kappa shape index (κ2) is 6.03. The molecule has 0 aliphatic rings. The van der Waals surface area contributed by atoms with Gasteiger partial charge in [-0.2, -0.15) is 0 Å². The molecule has 0 aliphatic heterocycles. The average Bonchev–Trinajstić information content (AvgIpc) is 2.87. The van der Waals surface area contributed by atoms with Crippen molar-refractivity contribution < 1.29 is 18.1 Å². The highest BCUT2D eigenvalue weighted by molar-refractivity contribution is 9.10. The standard InChI is InChI=1S/C15H12BBrNO4S/c1-10-2-5-12(6-3-10)23(20,21)18-9-15(22-16-19)13-8-11(17)4-7-14(13)18/h2-9,19H,1H3. The molecule has 0 aliphatic carbocycles. The molecular formula is C15H12BBrNO4S. The van der Waals surface area contributed by atoms with Crippen LogP contribution in [-0.2, 0) is 10.0 Å². The van der Waals surface area contributed by atoms with E-state index in [4.69, 9.17) is 9.68 Å². The molecule has 1 radical (unpaired) electrons. The third kappa shape index (κ3) is 2.89. The Morgan fingerprint density at radius 3 is 2.52 bits per heavy atom. The number of hydrogen-bond donors (Lipinski definition) is 1. The molecule has 8 heteroatoms. The predicted octanol–water partition coefficient (Wildman–Crippen LogP) is 2.85. The van der Waals surface area contributed by atoms with E-state index in [9.17, 15) is 8.42 Å². The number of hydrogen-bond acceptors (Lipinski definition) is 4. The number of aromatic nitrogens is 1. The molecule has 1 aromatic heterocycles. The molecule has 1 heterocycles. The van der Waals surface area contributed by atoms with E-state index in [0.29, 0.717) is 18.6 Å². The SMILES string of the molecule is Cc1ccc(S(=O)(=O)n2cc(O[B]O)c3cc(Br)ccc32)cc1. The average molecular weight is 393 g/mol. The second-order valence-corrected chi connectivity index (χ2v) is 7.72. The van der Waals surface area contributed by atoms with Crippen LogP contribution in [0.1, 0.15) is 5.56 Å². The Balaban J connectivity index is 2.25. The molecule has 5 nitrogen and oxygen atoms in total. The van der Waals surface area contributed by atoms with E-state index in [-0.39, 0.29) is 10.6 Å². The van der Waals surface area contributed by atoms with E-state index < -0.39 is 10.0 Å². The molecular weight excluding hydrogens is 381 g/mol. The Labute approximate surface area is 143 Å². The fourth-order valence-corrected chi connectivity index (χ4v) is 4.04. The van der Waals surface area contributed by atoms with Crippen LogP contribution in [0, 0.1) is 6.92 Å². The number of aryl methyl sites for hydroxylation is 1. The van der Waals surface area contributed by atoms with E-state index in [1.807, 2.05) is 6.92 Å². The molecule has 0 fully saturated rings. The summed E-state index contributed by atoms with van der Waals surface area (Å²) in [5, 5.41) is 9.46. The number of halogens is 1. The van der Waals surface area contributed by atoms with Crippen LogP contribution in [-0.4, -0.2) is 25.1 Å². The van der Waals surface area contributed by atoms with Gasteiger partial charge in [-0.3, -0.25) is 0 Å². The van der Waals surface area contributed by atoms with Gasteiger partial charge in [-0.1, -0.05) is 33.6 Å². The van der Waals surface area contributed by atoms with Crippen molar-refractivity contribution in [3.05, 3.63) is 58.7 Å². The Morgan fingerprint density at radius 2 is 1.87 bits per heavy atom. The monoisotopic (exact) mass is 392 g/mol. The molecule has 0 atom stereocenters. The summed E-state index contributed by atoms with van der Waals surface area (Å²) in [6.45, 7) is 1.89. The van der Waals surface area contributed by atoms with Crippen LogP contribution >= 0.6 is 15.9 Å². The third-order valence-corrected chi connectivity index (χ3v) is 5.63. The molecule has 0 spiro atoms. The number of nitrogens with zero attached hydrogens (tertiary/aromatic N) is 1. The predicted molar refractivity (Wildman–Crippen MR) is 92.0 cm³/mol. The molecule has 0 unspecified atom stereocenters. The molecule has 0 saturated heterocycles. The van der Waals surface area contributed by atoms with Crippen molar-refractivity contribution in [2.45, 2.75) is 11.8 Å². The van der Waals surface area contributed by atoms with Crippen LogP contribution in [0.25, 0.3) is 10.9 Å². The molecule has 3 rings (SSSR count). The lowest BCUT2D eigenvalue weighted by Crippen LogP contribution is -2.11. The zero-order chi connectivity index (χ0) is 16.6. The Kier molecular flexibility index (Phi) is 4.22. The molecule has 0 saturated carbocycles. The van der Waals surface area contributed by atoms with Crippen LogP contribution in [0.2, 0.25) is 0 Å². The van der Waals surface area contributed by atoms with E-state index in [2.05, 4.69) is 15.9 Å². The molecule has 23 heavy (non-hydrogen) atoms. The first-order chi connectivity index (χ1) is 10.9. The summed E-state index contributed by atoms with van der Waals surface area (Å²) in [6, 6.07) is 11.8. The normalized spacial score (nSPS) is 11.6. The van der Waals surface area contributed by atoms with Gasteiger partial charge in [-0.05, 0) is 37.3 Å². The summed E-state index contributed by atoms with van der Waals surface area (Å²) < 4.78 is 32.7. The number of fused-ring (bicyclic) bond motifs is 1. The topological polar surface area (TPSA) is 68.5 Å². The highest BCUT2D eigenvalue weighted by atomic mass is 79.9. The summed E-state index contributed by atoms with van der Waals surface area (Å²) >= 11 is 3.34. The van der Waals surface area contributed by atoms with Gasteiger partial charge in [0.15, 0.2) is 0 Å². The van der Waals surface area contributed by atoms with Crippen molar-refractivity contribution in [3.63, 3.8) is 0 Å². The quantitative estimate of drug-likeness (QED) is 0.693. The minimum Gasteiger partial charge on any atom is -0.536 e. The van der Waals surface area contributed by atoms with Crippen molar-refractivity contribution in [2.75, 3.05) is 0 Å². The number of rotatable bonds is 4. The van der Waals surface area contributed by atoms with Crippen LogP contribution in [0.3, 0.4) is 0 Å². The minimum absolute atomic E-state index is 0.183. The highest BCUT2D eigenvalue weighted by Gasteiger charge is 2.22. The maximum atomic E-state index is 12.9. The van der Waals surface area contributed by atoms with Gasteiger partial charge in [-0.15, -0.1) is 0 Å². The zero-order valence-corrected chi connectivity index (χ0v) is 14.5. The number of benzene rings is 2. The van der Waals surface area contributed by atoms with Crippen molar-refractivity contribution >= 4 is 44.5 Å². The van der Waals surface area contributed by atoms with Gasteiger partial charge in [0.2, 0.25) is 0 Å². The lowest BCUT2D eigenvalue weighted by molar-refractivity contribution is 0.456. The van der Waals surface area contributed by atoms with Gasteiger partial charge in [0, 0.05) is 9.86 Å². The van der Waals surface area contributed by atoms with Crippen molar-refractivity contribution in [2.24, 2.45) is 0 Å². The smallest absolute Gasteiger partial charge is 0.536 e. The van der Waals surface area contributed by atoms with Crippen molar-refractivity contribution in [1.29, 1.82) is 0 Å². The summed E-state index contributed by atoms with van der Waals surface area (Å²) in [6.07, 6.45) is 1.35. The van der Waals surface area contributed by atoms with E-state index in [1.54, 1.807) is 42.5 Å². The summed E-state index contributed by atoms with van der Waals surface area (Å²) in [5.74, 6) is 0.250. The largest absolute Gasteiger partial charge is 0.569 e. The fourth-order valence-electron chi connectivity index (χ4n) is 2.32. The van der Waals surface area contributed by atoms with E-state index >= 15 is 0 Å². The lowest BCUT2D eigenvalue weighted by Gasteiger charge is -2.07. The van der Waals surface area contributed by atoms with Crippen LogP contribution in [0.15, 0.2) is 58.0 Å². The lowest BCUT2D eigenvalue weighted by atomic mass is 10.2. The maximum absolute atomic E-state index is 12.9. The minimum atomic E-state index is -3.77. The molecule has 2 aromatic carbocycles. The Bertz CT molecular complexity index is 967. The summed E-state index contributed by atoms with van der Waals surface area (Å²) in [7, 11) is -3.24. The van der Waals surface area contributed by atoms with Crippen LogP contribution in [0.4, 0.5) is 0 Å². The maximum Gasteiger partial charge on any atom is 0.569 e. The molecule has 0 bridgehead atoms. The first-order valence-corrected chi connectivity index (χ1v) is 8.92. The van der Waals surface area contributed by atoms with Gasteiger partial charge in [0.25, 0.3) is 10.0 Å². The third-order valence-electron chi connectivity index (χ3n) is 3.45. The van der Waals surface area contributed by atoms with Gasteiger partial charge in [0.05, 0.1) is 16.6 Å². The van der Waals surface area contributed by atoms with Gasteiger partial charge >= 0.3 is 7.69 Å². The molecule has 0 amide bonds. The van der Waals surface area contributed by atoms with Crippen molar-refractivity contribution in [3.8, 4) is 5.75 Å².